The van der Waals surface area contributed by atoms with Crippen molar-refractivity contribution in [1.82, 2.24) is 9.78 Å². The fourth-order valence-electron chi connectivity index (χ4n) is 4.24. The lowest BCUT2D eigenvalue weighted by atomic mass is 9.63. The van der Waals surface area contributed by atoms with E-state index < -0.39 is 11.5 Å². The number of hydrogen-bond acceptors (Lipinski definition) is 5. The van der Waals surface area contributed by atoms with Crippen LogP contribution >= 0.6 is 11.6 Å². The molecule has 0 aromatic carbocycles. The number of nitrogens with one attached hydrogen (secondary N) is 1. The zero-order chi connectivity index (χ0) is 20.4. The van der Waals surface area contributed by atoms with Crippen LogP contribution in [0, 0.1) is 17.3 Å². The van der Waals surface area contributed by atoms with E-state index in [1.165, 1.54) is 0 Å². The number of ether oxygens (including phenoxy) is 1. The van der Waals surface area contributed by atoms with E-state index in [0.29, 0.717) is 24.1 Å². The monoisotopic (exact) mass is 398 g/mol. The number of hydrogen-bond donors (Lipinski definition) is 2. The number of nitrogens with zero attached hydrogens (tertiary/aromatic N) is 2. The van der Waals surface area contributed by atoms with Gasteiger partial charge in [0, 0.05) is 6.04 Å². The van der Waals surface area contributed by atoms with E-state index in [1.54, 1.807) is 0 Å². The molecule has 8 heteroatoms. The lowest BCUT2D eigenvalue weighted by Crippen LogP contribution is -2.43. The van der Waals surface area contributed by atoms with Crippen molar-refractivity contribution in [3.8, 4) is 5.88 Å². The Bertz CT molecular complexity index is 747. The summed E-state index contributed by atoms with van der Waals surface area (Å²) in [5, 5.41) is 7.55. The van der Waals surface area contributed by atoms with Crippen LogP contribution in [0.5, 0.6) is 5.88 Å². The molecule has 1 fully saturated rings. The second-order valence-electron chi connectivity index (χ2n) is 8.12. The van der Waals surface area contributed by atoms with Crippen molar-refractivity contribution < 1.29 is 9.53 Å². The van der Waals surface area contributed by atoms with Crippen molar-refractivity contribution in [1.29, 1.82) is 0 Å². The number of rotatable bonds is 7. The summed E-state index contributed by atoms with van der Waals surface area (Å²) in [5.41, 5.74) is 5.31. The van der Waals surface area contributed by atoms with Gasteiger partial charge in [-0.25, -0.2) is 4.68 Å². The Kier molecular flexibility index (Phi) is 6.78. The first-order valence-electron chi connectivity index (χ1n) is 9.58. The molecule has 1 aliphatic carbocycles. The molecule has 1 heterocycles. The third-order valence-electron chi connectivity index (χ3n) is 5.65. The Morgan fingerprint density at radius 3 is 2.67 bits per heavy atom. The fourth-order valence-corrected chi connectivity index (χ4v) is 4.47. The highest BCUT2D eigenvalue weighted by molar-refractivity contribution is 6.33. The molecule has 1 aromatic heterocycles. The normalized spacial score (nSPS) is 24.4. The highest BCUT2D eigenvalue weighted by Gasteiger charge is 2.39. The van der Waals surface area contributed by atoms with Crippen molar-refractivity contribution in [2.75, 3.05) is 11.9 Å². The van der Waals surface area contributed by atoms with Crippen LogP contribution < -0.4 is 21.3 Å². The van der Waals surface area contributed by atoms with Crippen molar-refractivity contribution in [2.45, 2.75) is 66.5 Å². The molecule has 27 heavy (non-hydrogen) atoms. The van der Waals surface area contributed by atoms with Crippen molar-refractivity contribution in [3.63, 3.8) is 0 Å². The number of anilines is 1. The predicted molar refractivity (Wildman–Crippen MR) is 107 cm³/mol. The smallest absolute Gasteiger partial charge is 0.288 e. The van der Waals surface area contributed by atoms with Gasteiger partial charge in [0.15, 0.2) is 0 Å². The van der Waals surface area contributed by atoms with E-state index in [1.807, 2.05) is 6.92 Å². The van der Waals surface area contributed by atoms with Gasteiger partial charge in [0.25, 0.3) is 11.4 Å². The summed E-state index contributed by atoms with van der Waals surface area (Å²) < 4.78 is 6.54. The van der Waals surface area contributed by atoms with Crippen LogP contribution in [0.1, 0.15) is 53.9 Å². The summed E-state index contributed by atoms with van der Waals surface area (Å²) in [6, 6.07) is 0.160. The maximum atomic E-state index is 12.5. The van der Waals surface area contributed by atoms with Crippen molar-refractivity contribution in [2.24, 2.45) is 23.0 Å². The maximum Gasteiger partial charge on any atom is 0.288 e. The molecule has 0 saturated heterocycles. The third-order valence-corrected chi connectivity index (χ3v) is 6.01. The molecule has 0 unspecified atom stereocenters. The van der Waals surface area contributed by atoms with E-state index in [4.69, 9.17) is 22.1 Å². The molecular weight excluding hydrogens is 368 g/mol. The minimum absolute atomic E-state index is 0.0280. The lowest BCUT2D eigenvalue weighted by Gasteiger charge is -2.46. The average Bonchev–Trinajstić information content (AvgIpc) is 2.56. The zero-order valence-electron chi connectivity index (χ0n) is 16.8. The minimum atomic E-state index is -0.669. The first-order chi connectivity index (χ1) is 12.6. The molecule has 0 spiro atoms. The summed E-state index contributed by atoms with van der Waals surface area (Å²) >= 11 is 6.35. The number of aromatic nitrogens is 2. The Balaban J connectivity index is 2.38. The highest BCUT2D eigenvalue weighted by Crippen LogP contribution is 2.46. The average molecular weight is 399 g/mol. The molecule has 3 atom stereocenters. The fraction of sp³-hybridized carbons (Fsp3) is 0.737. The second-order valence-corrected chi connectivity index (χ2v) is 8.50. The Hall–Kier alpha value is -1.76. The van der Waals surface area contributed by atoms with Gasteiger partial charge in [-0.2, -0.15) is 0 Å². The molecule has 1 saturated carbocycles. The molecule has 1 aliphatic rings. The van der Waals surface area contributed by atoms with Gasteiger partial charge in [0.05, 0.1) is 6.61 Å². The largest absolute Gasteiger partial charge is 0.475 e. The number of nitrogens with two attached hydrogens (primary N) is 1. The molecular formula is C19H31ClN4O3. The molecule has 7 nitrogen and oxygen atoms in total. The van der Waals surface area contributed by atoms with Crippen LogP contribution in [-0.4, -0.2) is 28.3 Å². The van der Waals surface area contributed by atoms with Crippen LogP contribution in [0.2, 0.25) is 5.02 Å². The van der Waals surface area contributed by atoms with E-state index >= 15 is 0 Å². The van der Waals surface area contributed by atoms with Gasteiger partial charge < -0.3 is 15.8 Å². The molecule has 3 N–H and O–H groups in total. The summed E-state index contributed by atoms with van der Waals surface area (Å²) in [6.45, 7) is 10.9. The summed E-state index contributed by atoms with van der Waals surface area (Å²) in [4.78, 5) is 23.7. The van der Waals surface area contributed by atoms with Gasteiger partial charge in [-0.15, -0.1) is 5.10 Å². The molecule has 0 bridgehead atoms. The van der Waals surface area contributed by atoms with E-state index in [9.17, 15) is 9.59 Å². The number of halogens is 1. The summed E-state index contributed by atoms with van der Waals surface area (Å²) in [6.07, 6.45) is 3.16. The number of primary amides is 1. The quantitative estimate of drug-likeness (QED) is 0.735. The molecule has 152 valence electrons. The molecule has 2 rings (SSSR count). The molecule has 1 aromatic rings. The number of carbonyl (C=O) groups excluding carboxylic acids is 1. The predicted octanol–water partition coefficient (Wildman–Crippen LogP) is 3.04. The first-order valence-corrected chi connectivity index (χ1v) is 9.96. The van der Waals surface area contributed by atoms with Gasteiger partial charge >= 0.3 is 0 Å². The van der Waals surface area contributed by atoms with Crippen LogP contribution in [0.25, 0.3) is 0 Å². The highest BCUT2D eigenvalue weighted by atomic mass is 35.5. The van der Waals surface area contributed by atoms with Crippen molar-refractivity contribution in [3.05, 3.63) is 15.4 Å². The lowest BCUT2D eigenvalue weighted by molar-refractivity contribution is -0.118. The van der Waals surface area contributed by atoms with Gasteiger partial charge in [-0.05, 0) is 37.0 Å². The van der Waals surface area contributed by atoms with Crippen LogP contribution in [0.4, 0.5) is 5.69 Å². The van der Waals surface area contributed by atoms with Gasteiger partial charge in [-0.3, -0.25) is 9.59 Å². The second kappa shape index (κ2) is 8.50. The minimum Gasteiger partial charge on any atom is -0.475 e. The van der Waals surface area contributed by atoms with Crippen molar-refractivity contribution >= 4 is 23.2 Å². The van der Waals surface area contributed by atoms with Gasteiger partial charge in [0.2, 0.25) is 5.91 Å². The maximum absolute atomic E-state index is 12.5. The van der Waals surface area contributed by atoms with E-state index in [-0.39, 0.29) is 28.9 Å². The Morgan fingerprint density at radius 2 is 2.11 bits per heavy atom. The molecule has 0 radical (unpaired) electrons. The molecule has 0 aliphatic heterocycles. The standard InChI is InChI=1S/C19H31ClN4O3/c1-6-12-8-13(11(3)9-19(12,4)5)22-16-15(20)18(26)24(10-14(21)25)23-17(16)27-7-2/h11-13,22H,6-10H2,1-5H3,(H2,21,25)/t11-,12+,13-/m1/s1. The summed E-state index contributed by atoms with van der Waals surface area (Å²) in [7, 11) is 0. The van der Waals surface area contributed by atoms with Gasteiger partial charge in [0.1, 0.15) is 17.3 Å². The van der Waals surface area contributed by atoms with Gasteiger partial charge in [-0.1, -0.05) is 45.7 Å². The van der Waals surface area contributed by atoms with E-state index in [0.717, 1.165) is 23.9 Å². The number of amides is 1. The zero-order valence-corrected chi connectivity index (χ0v) is 17.6. The Labute approximate surface area is 165 Å². The Morgan fingerprint density at radius 1 is 1.44 bits per heavy atom. The topological polar surface area (TPSA) is 99.2 Å². The number of carbonyl (C=O) groups is 1. The van der Waals surface area contributed by atoms with Crippen LogP contribution in [0.3, 0.4) is 0 Å². The van der Waals surface area contributed by atoms with Crippen LogP contribution in [0.15, 0.2) is 4.79 Å². The third kappa shape index (κ3) is 4.75. The SMILES string of the molecule is CCOc1nn(CC(N)=O)c(=O)c(Cl)c1N[C@@H]1C[C@H](CC)C(C)(C)C[C@H]1C. The van der Waals surface area contributed by atoms with Crippen LogP contribution in [-0.2, 0) is 11.3 Å². The summed E-state index contributed by atoms with van der Waals surface area (Å²) in [5.74, 6) is 0.524. The molecule has 1 amide bonds. The first kappa shape index (κ1) is 21.5. The van der Waals surface area contributed by atoms with E-state index in [2.05, 4.69) is 38.1 Å².